The van der Waals surface area contributed by atoms with E-state index in [4.69, 9.17) is 9.84 Å². The maximum Gasteiger partial charge on any atom is 0.140 e. The van der Waals surface area contributed by atoms with E-state index in [1.807, 2.05) is 22.9 Å². The highest BCUT2D eigenvalue weighted by atomic mass is 127. The van der Waals surface area contributed by atoms with E-state index >= 15 is 0 Å². The molecule has 2 heterocycles. The van der Waals surface area contributed by atoms with Gasteiger partial charge in [-0.15, -0.1) is 0 Å². The zero-order valence-corrected chi connectivity index (χ0v) is 18.7. The summed E-state index contributed by atoms with van der Waals surface area (Å²) in [7, 11) is -1.09. The van der Waals surface area contributed by atoms with Gasteiger partial charge in [0.1, 0.15) is 12.4 Å². The second-order valence-electron chi connectivity index (χ2n) is 7.55. The summed E-state index contributed by atoms with van der Waals surface area (Å²) < 4.78 is 9.04. The molecule has 0 saturated carbocycles. The van der Waals surface area contributed by atoms with Crippen LogP contribution in [-0.2, 0) is 11.5 Å². The fourth-order valence-electron chi connectivity index (χ4n) is 2.66. The summed E-state index contributed by atoms with van der Waals surface area (Å²) in [5.41, 5.74) is 3.61. The quantitative estimate of drug-likeness (QED) is 0.260. The van der Waals surface area contributed by atoms with E-state index in [2.05, 4.69) is 72.0 Å². The lowest BCUT2D eigenvalue weighted by molar-refractivity contribution is 0.0816. The second-order valence-corrected chi connectivity index (χ2v) is 14.4. The normalized spacial score (nSPS) is 11.8. The molecular formula is C20H24IN3OSi. The van der Waals surface area contributed by atoms with Gasteiger partial charge in [0.25, 0.3) is 0 Å². The molecule has 0 amide bonds. The highest BCUT2D eigenvalue weighted by Crippen LogP contribution is 2.28. The number of halogens is 1. The molecule has 1 aromatic carbocycles. The average Bonchev–Trinajstić information content (AvgIpc) is 2.96. The Labute approximate surface area is 169 Å². The number of fused-ring (bicyclic) bond motifs is 1. The molecular weight excluding hydrogens is 453 g/mol. The lowest BCUT2D eigenvalue weighted by Crippen LogP contribution is -2.22. The summed E-state index contributed by atoms with van der Waals surface area (Å²) in [6, 6.07) is 13.3. The molecule has 0 spiro atoms. The number of aromatic nitrogens is 3. The molecule has 0 radical (unpaired) electrons. The SMILES string of the molecule is C=C(c1ccccn1)c1nn(COCC[Si](C)(C)C)c2cc(I)ccc12. The van der Waals surface area contributed by atoms with Crippen molar-refractivity contribution in [1.82, 2.24) is 14.8 Å². The zero-order valence-electron chi connectivity index (χ0n) is 15.5. The van der Waals surface area contributed by atoms with Crippen LogP contribution in [0.3, 0.4) is 0 Å². The predicted octanol–water partition coefficient (Wildman–Crippen LogP) is 5.41. The van der Waals surface area contributed by atoms with Crippen LogP contribution in [0.1, 0.15) is 11.4 Å². The number of ether oxygens (including phenoxy) is 1. The fraction of sp³-hybridized carbons (Fsp3) is 0.300. The fourth-order valence-corrected chi connectivity index (χ4v) is 3.89. The molecule has 0 aliphatic heterocycles. The monoisotopic (exact) mass is 477 g/mol. The molecule has 0 N–H and O–H groups in total. The van der Waals surface area contributed by atoms with E-state index in [9.17, 15) is 0 Å². The van der Waals surface area contributed by atoms with Gasteiger partial charge >= 0.3 is 0 Å². The summed E-state index contributed by atoms with van der Waals surface area (Å²) in [5.74, 6) is 0. The number of pyridine rings is 1. The number of hydrogen-bond donors (Lipinski definition) is 0. The minimum Gasteiger partial charge on any atom is -0.360 e. The van der Waals surface area contributed by atoms with Crippen LogP contribution in [0.15, 0.2) is 49.2 Å². The second kappa shape index (κ2) is 8.02. The molecule has 6 heteroatoms. The molecule has 0 atom stereocenters. The Morgan fingerprint density at radius 2 is 2.04 bits per heavy atom. The molecule has 3 aromatic rings. The number of hydrogen-bond acceptors (Lipinski definition) is 3. The van der Waals surface area contributed by atoms with Gasteiger partial charge in [-0.1, -0.05) is 32.3 Å². The summed E-state index contributed by atoms with van der Waals surface area (Å²) in [5, 5.41) is 5.88. The minimum atomic E-state index is -1.09. The highest BCUT2D eigenvalue weighted by Gasteiger charge is 2.16. The predicted molar refractivity (Wildman–Crippen MR) is 119 cm³/mol. The third-order valence-electron chi connectivity index (χ3n) is 4.18. The molecule has 0 aliphatic rings. The van der Waals surface area contributed by atoms with E-state index in [1.165, 1.54) is 3.57 Å². The summed E-state index contributed by atoms with van der Waals surface area (Å²) >= 11 is 2.33. The van der Waals surface area contributed by atoms with E-state index in [-0.39, 0.29) is 0 Å². The van der Waals surface area contributed by atoms with Gasteiger partial charge in [-0.25, -0.2) is 4.68 Å². The van der Waals surface area contributed by atoms with Crippen LogP contribution in [0.25, 0.3) is 16.5 Å². The lowest BCUT2D eigenvalue weighted by Gasteiger charge is -2.15. The van der Waals surface area contributed by atoms with Crippen LogP contribution in [0, 0.1) is 3.57 Å². The van der Waals surface area contributed by atoms with Gasteiger partial charge in [-0.05, 0) is 59.0 Å². The van der Waals surface area contributed by atoms with Crippen molar-refractivity contribution in [3.8, 4) is 0 Å². The maximum atomic E-state index is 5.93. The molecule has 0 saturated heterocycles. The minimum absolute atomic E-state index is 0.455. The van der Waals surface area contributed by atoms with E-state index in [0.29, 0.717) is 6.73 Å². The van der Waals surface area contributed by atoms with Gasteiger partial charge in [0.15, 0.2) is 0 Å². The van der Waals surface area contributed by atoms with Crippen molar-refractivity contribution in [2.75, 3.05) is 6.61 Å². The van der Waals surface area contributed by atoms with E-state index < -0.39 is 8.07 Å². The van der Waals surface area contributed by atoms with Crippen molar-refractivity contribution in [1.29, 1.82) is 0 Å². The topological polar surface area (TPSA) is 39.9 Å². The van der Waals surface area contributed by atoms with Crippen molar-refractivity contribution >= 4 is 47.1 Å². The van der Waals surface area contributed by atoms with Gasteiger partial charge in [0.05, 0.1) is 11.2 Å². The van der Waals surface area contributed by atoms with Gasteiger partial charge in [-0.2, -0.15) is 5.10 Å². The van der Waals surface area contributed by atoms with Gasteiger partial charge in [0, 0.05) is 35.4 Å². The molecule has 4 nitrogen and oxygen atoms in total. The molecule has 0 fully saturated rings. The van der Waals surface area contributed by atoms with E-state index in [0.717, 1.165) is 40.5 Å². The van der Waals surface area contributed by atoms with Crippen LogP contribution in [0.4, 0.5) is 0 Å². The van der Waals surface area contributed by atoms with Crippen molar-refractivity contribution in [2.45, 2.75) is 32.4 Å². The average molecular weight is 477 g/mol. The Morgan fingerprint density at radius 1 is 1.23 bits per heavy atom. The van der Waals surface area contributed by atoms with Gasteiger partial charge < -0.3 is 4.74 Å². The first-order valence-corrected chi connectivity index (χ1v) is 13.5. The van der Waals surface area contributed by atoms with Crippen molar-refractivity contribution in [3.63, 3.8) is 0 Å². The molecule has 0 aliphatic carbocycles. The Kier molecular flexibility index (Phi) is 5.94. The third-order valence-corrected chi connectivity index (χ3v) is 6.56. The molecule has 136 valence electrons. The Morgan fingerprint density at radius 3 is 2.73 bits per heavy atom. The highest BCUT2D eigenvalue weighted by molar-refractivity contribution is 14.1. The zero-order chi connectivity index (χ0) is 18.7. The number of benzene rings is 1. The summed E-state index contributed by atoms with van der Waals surface area (Å²) in [4.78, 5) is 4.41. The molecule has 3 rings (SSSR count). The van der Waals surface area contributed by atoms with E-state index in [1.54, 1.807) is 6.20 Å². The molecule has 0 bridgehead atoms. The standard InChI is InChI=1S/C20H24IN3OSi/c1-15(18-7-5-6-10-22-18)20-17-9-8-16(21)13-19(17)24(23-20)14-25-11-12-26(2,3)4/h5-10,13H,1,11-12,14H2,2-4H3. The van der Waals surface area contributed by atoms with Crippen LogP contribution in [-0.4, -0.2) is 29.4 Å². The van der Waals surface area contributed by atoms with Crippen LogP contribution < -0.4 is 0 Å². The van der Waals surface area contributed by atoms with Gasteiger partial charge in [0.2, 0.25) is 0 Å². The van der Waals surface area contributed by atoms with Crippen molar-refractivity contribution < 1.29 is 4.74 Å². The van der Waals surface area contributed by atoms with Crippen LogP contribution in [0.5, 0.6) is 0 Å². The Bertz CT molecular complexity index is 916. The first-order chi connectivity index (χ1) is 12.3. The van der Waals surface area contributed by atoms with Crippen molar-refractivity contribution in [3.05, 3.63) is 64.1 Å². The lowest BCUT2D eigenvalue weighted by atomic mass is 10.1. The summed E-state index contributed by atoms with van der Waals surface area (Å²) in [6.45, 7) is 12.5. The Balaban J connectivity index is 1.89. The molecule has 0 unspecified atom stereocenters. The maximum absolute atomic E-state index is 5.93. The Hall–Kier alpha value is -1.51. The number of nitrogens with zero attached hydrogens (tertiary/aromatic N) is 3. The van der Waals surface area contributed by atoms with Gasteiger partial charge in [-0.3, -0.25) is 4.98 Å². The van der Waals surface area contributed by atoms with Crippen LogP contribution >= 0.6 is 22.6 Å². The third kappa shape index (κ3) is 4.60. The number of rotatable bonds is 7. The largest absolute Gasteiger partial charge is 0.360 e. The smallest absolute Gasteiger partial charge is 0.140 e. The molecule has 26 heavy (non-hydrogen) atoms. The summed E-state index contributed by atoms with van der Waals surface area (Å²) in [6.07, 6.45) is 1.78. The first kappa shape index (κ1) is 19.3. The van der Waals surface area contributed by atoms with Crippen LogP contribution in [0.2, 0.25) is 25.7 Å². The van der Waals surface area contributed by atoms with Crippen molar-refractivity contribution in [2.24, 2.45) is 0 Å². The first-order valence-electron chi connectivity index (χ1n) is 8.70. The molecule has 2 aromatic heterocycles.